The molecule has 1 aliphatic carbocycles. The van der Waals surface area contributed by atoms with Gasteiger partial charge in [-0.2, -0.15) is 0 Å². The quantitative estimate of drug-likeness (QED) is 0.730. The van der Waals surface area contributed by atoms with Crippen molar-refractivity contribution in [1.29, 1.82) is 0 Å². The molecular formula is C9H9F2NO2. The Morgan fingerprint density at radius 3 is 2.86 bits per heavy atom. The number of hydrogen-bond acceptors (Lipinski definition) is 1. The number of carboxylic acids is 1. The van der Waals surface area contributed by atoms with Gasteiger partial charge in [-0.1, -0.05) is 6.92 Å². The van der Waals surface area contributed by atoms with Gasteiger partial charge in [0.05, 0.1) is 6.42 Å². The first-order valence-electron chi connectivity index (χ1n) is 4.24. The summed E-state index contributed by atoms with van der Waals surface area (Å²) in [5, 5.41) is 8.64. The zero-order valence-electron chi connectivity index (χ0n) is 7.47. The van der Waals surface area contributed by atoms with E-state index in [1.54, 1.807) is 0 Å². The molecule has 0 amide bonds. The van der Waals surface area contributed by atoms with E-state index < -0.39 is 24.2 Å². The zero-order chi connectivity index (χ0) is 10.5. The second kappa shape index (κ2) is 2.56. The SMILES string of the molecule is CC1c2cc(C(=O)O)[nH]c2CC1(F)F. The minimum Gasteiger partial charge on any atom is -0.477 e. The molecule has 1 atom stereocenters. The smallest absolute Gasteiger partial charge is 0.352 e. The van der Waals surface area contributed by atoms with E-state index in [2.05, 4.69) is 4.98 Å². The van der Waals surface area contributed by atoms with Crippen LogP contribution in [0, 0.1) is 0 Å². The molecule has 0 aromatic carbocycles. The van der Waals surface area contributed by atoms with Gasteiger partial charge in [-0.05, 0) is 11.6 Å². The summed E-state index contributed by atoms with van der Waals surface area (Å²) in [6.45, 7) is 1.41. The molecule has 0 saturated carbocycles. The van der Waals surface area contributed by atoms with Crippen LogP contribution in [0.3, 0.4) is 0 Å². The number of halogens is 2. The van der Waals surface area contributed by atoms with Gasteiger partial charge in [-0.3, -0.25) is 0 Å². The number of rotatable bonds is 1. The second-order valence-corrected chi connectivity index (χ2v) is 3.58. The summed E-state index contributed by atoms with van der Waals surface area (Å²) >= 11 is 0. The fourth-order valence-corrected chi connectivity index (χ4v) is 1.78. The third-order valence-corrected chi connectivity index (χ3v) is 2.68. The molecule has 5 heteroatoms. The Morgan fingerprint density at radius 2 is 2.36 bits per heavy atom. The lowest BCUT2D eigenvalue weighted by atomic mass is 10.0. The maximum atomic E-state index is 13.1. The standard InChI is InChI=1S/C9H9F2NO2/c1-4-5-2-6(8(13)14)12-7(5)3-9(4,10)11/h2,4,12H,3H2,1H3,(H,13,14). The van der Waals surface area contributed by atoms with Crippen molar-refractivity contribution < 1.29 is 18.7 Å². The molecule has 1 aliphatic rings. The number of alkyl halides is 2. The molecule has 2 rings (SSSR count). The molecule has 2 N–H and O–H groups in total. The Bertz CT molecular complexity index is 398. The lowest BCUT2D eigenvalue weighted by molar-refractivity contribution is -0.0105. The first-order valence-corrected chi connectivity index (χ1v) is 4.24. The molecule has 0 fully saturated rings. The predicted octanol–water partition coefficient (Wildman–Crippen LogP) is 2.01. The molecule has 1 heterocycles. The first kappa shape index (κ1) is 9.18. The van der Waals surface area contributed by atoms with Crippen molar-refractivity contribution in [3.05, 3.63) is 23.0 Å². The van der Waals surface area contributed by atoms with Crippen LogP contribution >= 0.6 is 0 Å². The summed E-state index contributed by atoms with van der Waals surface area (Å²) in [4.78, 5) is 13.1. The van der Waals surface area contributed by atoms with Crippen molar-refractivity contribution in [1.82, 2.24) is 4.98 Å². The summed E-state index contributed by atoms with van der Waals surface area (Å²) in [5.74, 6) is -4.77. The van der Waals surface area contributed by atoms with Crippen molar-refractivity contribution in [2.75, 3.05) is 0 Å². The highest BCUT2D eigenvalue weighted by Gasteiger charge is 2.46. The van der Waals surface area contributed by atoms with Gasteiger partial charge in [0.25, 0.3) is 5.92 Å². The minimum atomic E-state index is -2.75. The highest BCUT2D eigenvalue weighted by molar-refractivity contribution is 5.86. The van der Waals surface area contributed by atoms with Crippen molar-refractivity contribution >= 4 is 5.97 Å². The Hall–Kier alpha value is -1.39. The fraction of sp³-hybridized carbons (Fsp3) is 0.444. The van der Waals surface area contributed by atoms with Crippen LogP contribution in [0.4, 0.5) is 8.78 Å². The van der Waals surface area contributed by atoms with Crippen LogP contribution in [0.25, 0.3) is 0 Å². The minimum absolute atomic E-state index is 0.0163. The molecule has 0 saturated heterocycles. The number of aromatic nitrogens is 1. The van der Waals surface area contributed by atoms with E-state index in [1.165, 1.54) is 13.0 Å². The van der Waals surface area contributed by atoms with E-state index in [9.17, 15) is 13.6 Å². The molecular weight excluding hydrogens is 192 g/mol. The van der Waals surface area contributed by atoms with Gasteiger partial charge in [0.2, 0.25) is 0 Å². The van der Waals surface area contributed by atoms with Crippen LogP contribution in [0.15, 0.2) is 6.07 Å². The van der Waals surface area contributed by atoms with Crippen LogP contribution in [0.5, 0.6) is 0 Å². The predicted molar refractivity (Wildman–Crippen MR) is 44.8 cm³/mol. The van der Waals surface area contributed by atoms with Gasteiger partial charge in [-0.15, -0.1) is 0 Å². The number of aromatic amines is 1. The van der Waals surface area contributed by atoms with E-state index in [4.69, 9.17) is 5.11 Å². The Kier molecular flexibility index (Phi) is 1.68. The Balaban J connectivity index is 2.42. The van der Waals surface area contributed by atoms with Gasteiger partial charge in [0.15, 0.2) is 0 Å². The van der Waals surface area contributed by atoms with Gasteiger partial charge in [-0.25, -0.2) is 13.6 Å². The van der Waals surface area contributed by atoms with Crippen LogP contribution in [-0.2, 0) is 6.42 Å². The summed E-state index contributed by atoms with van der Waals surface area (Å²) in [5.41, 5.74) is 0.754. The summed E-state index contributed by atoms with van der Waals surface area (Å²) in [6, 6.07) is 1.29. The normalized spacial score (nSPS) is 23.5. The lowest BCUT2D eigenvalue weighted by Crippen LogP contribution is -2.20. The van der Waals surface area contributed by atoms with E-state index in [1.807, 2.05) is 0 Å². The van der Waals surface area contributed by atoms with Crippen molar-refractivity contribution in [3.8, 4) is 0 Å². The highest BCUT2D eigenvalue weighted by atomic mass is 19.3. The largest absolute Gasteiger partial charge is 0.477 e. The van der Waals surface area contributed by atoms with Gasteiger partial charge in [0, 0.05) is 11.6 Å². The average Bonchev–Trinajstić information content (AvgIpc) is 2.53. The molecule has 14 heavy (non-hydrogen) atoms. The van der Waals surface area contributed by atoms with Gasteiger partial charge < -0.3 is 10.1 Å². The van der Waals surface area contributed by atoms with Gasteiger partial charge in [0.1, 0.15) is 5.69 Å². The molecule has 0 radical (unpaired) electrons. The van der Waals surface area contributed by atoms with E-state index in [0.717, 1.165) is 0 Å². The van der Waals surface area contributed by atoms with Crippen LogP contribution in [0.2, 0.25) is 0 Å². The van der Waals surface area contributed by atoms with Crippen molar-refractivity contribution in [2.45, 2.75) is 25.2 Å². The summed E-state index contributed by atoms with van der Waals surface area (Å²) < 4.78 is 26.3. The summed E-state index contributed by atoms with van der Waals surface area (Å²) in [6.07, 6.45) is -0.392. The fourth-order valence-electron chi connectivity index (χ4n) is 1.78. The summed E-state index contributed by atoms with van der Waals surface area (Å²) in [7, 11) is 0. The maximum absolute atomic E-state index is 13.1. The first-order chi connectivity index (χ1) is 6.42. The highest BCUT2D eigenvalue weighted by Crippen LogP contribution is 2.44. The van der Waals surface area contributed by atoms with E-state index >= 15 is 0 Å². The topological polar surface area (TPSA) is 53.1 Å². The third kappa shape index (κ3) is 1.12. The van der Waals surface area contributed by atoms with Crippen LogP contribution in [0.1, 0.15) is 34.6 Å². The molecule has 76 valence electrons. The third-order valence-electron chi connectivity index (χ3n) is 2.68. The van der Waals surface area contributed by atoms with Crippen LogP contribution in [-0.4, -0.2) is 22.0 Å². The molecule has 1 aromatic rings. The van der Waals surface area contributed by atoms with Crippen molar-refractivity contribution in [2.24, 2.45) is 0 Å². The molecule has 1 aromatic heterocycles. The van der Waals surface area contributed by atoms with Crippen LogP contribution < -0.4 is 0 Å². The molecule has 3 nitrogen and oxygen atoms in total. The molecule has 1 unspecified atom stereocenters. The molecule has 0 aliphatic heterocycles. The number of fused-ring (bicyclic) bond motifs is 1. The average molecular weight is 201 g/mol. The number of aromatic carboxylic acids is 1. The number of carbonyl (C=O) groups is 1. The van der Waals surface area contributed by atoms with E-state index in [0.29, 0.717) is 11.3 Å². The monoisotopic (exact) mass is 201 g/mol. The number of carboxylic acid groups (broad SMARTS) is 1. The van der Waals surface area contributed by atoms with Gasteiger partial charge >= 0.3 is 5.97 Å². The molecule has 0 bridgehead atoms. The Labute approximate surface area is 78.7 Å². The lowest BCUT2D eigenvalue weighted by Gasteiger charge is -2.14. The number of nitrogens with one attached hydrogen (secondary N) is 1. The zero-order valence-corrected chi connectivity index (χ0v) is 7.47. The Morgan fingerprint density at radius 1 is 1.71 bits per heavy atom. The molecule has 0 spiro atoms. The van der Waals surface area contributed by atoms with E-state index in [-0.39, 0.29) is 5.69 Å². The number of hydrogen-bond donors (Lipinski definition) is 2. The van der Waals surface area contributed by atoms with Crippen molar-refractivity contribution in [3.63, 3.8) is 0 Å². The second-order valence-electron chi connectivity index (χ2n) is 3.58. The maximum Gasteiger partial charge on any atom is 0.352 e. The number of H-pyrrole nitrogens is 1.